The number of benzene rings is 1. The zero-order valence-corrected chi connectivity index (χ0v) is 9.13. The summed E-state index contributed by atoms with van der Waals surface area (Å²) in [5, 5.41) is 0. The van der Waals surface area contributed by atoms with E-state index >= 15 is 0 Å². The van der Waals surface area contributed by atoms with Crippen LogP contribution < -0.4 is 0 Å². The van der Waals surface area contributed by atoms with Crippen molar-refractivity contribution in [2.75, 3.05) is 6.61 Å². The molecule has 84 valence electrons. The average molecular weight is 217 g/mol. The third kappa shape index (κ3) is 1.52. The molecule has 16 heavy (non-hydrogen) atoms. The second kappa shape index (κ2) is 3.91. The van der Waals surface area contributed by atoms with E-state index in [0.29, 0.717) is 13.0 Å². The molecule has 0 spiro atoms. The molecule has 0 radical (unpaired) electrons. The highest BCUT2D eigenvalue weighted by Crippen LogP contribution is 2.35. The van der Waals surface area contributed by atoms with Gasteiger partial charge < -0.3 is 9.64 Å². The van der Waals surface area contributed by atoms with E-state index in [1.807, 2.05) is 23.1 Å². The molecule has 1 aromatic carbocycles. The molecule has 3 nitrogen and oxygen atoms in total. The molecule has 2 fully saturated rings. The van der Waals surface area contributed by atoms with E-state index < -0.39 is 0 Å². The first-order valence-electron chi connectivity index (χ1n) is 5.84. The van der Waals surface area contributed by atoms with Crippen molar-refractivity contribution in [2.24, 2.45) is 0 Å². The van der Waals surface area contributed by atoms with E-state index in [4.69, 9.17) is 4.74 Å². The van der Waals surface area contributed by atoms with Gasteiger partial charge in [0, 0.05) is 6.42 Å². The molecule has 0 aliphatic carbocycles. The van der Waals surface area contributed by atoms with Crippen LogP contribution in [0.2, 0.25) is 0 Å². The molecule has 2 aliphatic rings. The molecule has 3 rings (SSSR count). The van der Waals surface area contributed by atoms with Crippen LogP contribution in [0.25, 0.3) is 0 Å². The molecule has 0 aromatic heterocycles. The lowest BCUT2D eigenvalue weighted by Crippen LogP contribution is -2.41. The number of carbonyl (C=O) groups is 1. The first-order chi connectivity index (χ1) is 7.86. The number of nitrogens with zero attached hydrogens (tertiary/aromatic N) is 1. The number of hydrogen-bond donors (Lipinski definition) is 0. The second-order valence-electron chi connectivity index (χ2n) is 4.41. The van der Waals surface area contributed by atoms with Crippen molar-refractivity contribution in [2.45, 2.75) is 31.5 Å². The summed E-state index contributed by atoms with van der Waals surface area (Å²) < 4.78 is 5.70. The molecule has 2 aliphatic heterocycles. The number of amides is 1. The van der Waals surface area contributed by atoms with E-state index in [2.05, 4.69) is 12.1 Å². The highest BCUT2D eigenvalue weighted by atomic mass is 16.5. The van der Waals surface area contributed by atoms with Gasteiger partial charge in [0.1, 0.15) is 6.23 Å². The molecule has 3 heteroatoms. The molecule has 0 saturated carbocycles. The predicted octanol–water partition coefficient (Wildman–Crippen LogP) is 2.10. The van der Waals surface area contributed by atoms with Crippen LogP contribution in [0, 0.1) is 0 Å². The molecule has 0 N–H and O–H groups in total. The van der Waals surface area contributed by atoms with Gasteiger partial charge in [0.2, 0.25) is 5.91 Å². The maximum absolute atomic E-state index is 11.9. The maximum atomic E-state index is 11.9. The van der Waals surface area contributed by atoms with Crippen LogP contribution >= 0.6 is 0 Å². The molecule has 1 aromatic rings. The van der Waals surface area contributed by atoms with E-state index in [-0.39, 0.29) is 18.2 Å². The Kier molecular flexibility index (Phi) is 2.40. The monoisotopic (exact) mass is 217 g/mol. The number of ether oxygens (including phenoxy) is 1. The standard InChI is InChI=1S/C13H15NO2/c15-12-7-4-8-13-14(12)11(9-16-13)10-5-2-1-3-6-10/h1-3,5-6,11,13H,4,7-9H2/t11-,13?/m0/s1. The van der Waals surface area contributed by atoms with Crippen LogP contribution in [-0.2, 0) is 9.53 Å². The number of rotatable bonds is 1. The van der Waals surface area contributed by atoms with Gasteiger partial charge in [-0.3, -0.25) is 4.79 Å². The number of carbonyl (C=O) groups excluding carboxylic acids is 1. The molecule has 1 amide bonds. The topological polar surface area (TPSA) is 29.5 Å². The summed E-state index contributed by atoms with van der Waals surface area (Å²) >= 11 is 0. The molecule has 2 heterocycles. The minimum absolute atomic E-state index is 0.0199. The van der Waals surface area contributed by atoms with Crippen molar-refractivity contribution in [3.8, 4) is 0 Å². The number of piperidine rings is 1. The summed E-state index contributed by atoms with van der Waals surface area (Å²) in [5.41, 5.74) is 1.18. The average Bonchev–Trinajstić information content (AvgIpc) is 2.75. The van der Waals surface area contributed by atoms with Crippen molar-refractivity contribution in [3.05, 3.63) is 35.9 Å². The Morgan fingerprint density at radius 1 is 1.25 bits per heavy atom. The Balaban J connectivity index is 1.89. The lowest BCUT2D eigenvalue weighted by Gasteiger charge is -2.32. The molecule has 2 atom stereocenters. The number of fused-ring (bicyclic) bond motifs is 1. The summed E-state index contributed by atoms with van der Waals surface area (Å²) in [7, 11) is 0. The van der Waals surface area contributed by atoms with E-state index in [0.717, 1.165) is 12.8 Å². The summed E-state index contributed by atoms with van der Waals surface area (Å²) in [6, 6.07) is 10.3. The molecule has 2 saturated heterocycles. The van der Waals surface area contributed by atoms with E-state index in [1.165, 1.54) is 5.56 Å². The normalized spacial score (nSPS) is 29.2. The van der Waals surface area contributed by atoms with Crippen LogP contribution in [-0.4, -0.2) is 23.6 Å². The summed E-state index contributed by atoms with van der Waals surface area (Å²) in [6.07, 6.45) is 2.63. The van der Waals surface area contributed by atoms with Crippen molar-refractivity contribution in [1.82, 2.24) is 4.90 Å². The van der Waals surface area contributed by atoms with Crippen LogP contribution in [0.5, 0.6) is 0 Å². The fourth-order valence-corrected chi connectivity index (χ4v) is 2.61. The Morgan fingerprint density at radius 2 is 2.06 bits per heavy atom. The third-order valence-corrected chi connectivity index (χ3v) is 3.41. The molecular formula is C13H15NO2. The van der Waals surface area contributed by atoms with Crippen LogP contribution in [0.3, 0.4) is 0 Å². The predicted molar refractivity (Wildman–Crippen MR) is 59.6 cm³/mol. The van der Waals surface area contributed by atoms with Gasteiger partial charge in [-0.25, -0.2) is 0 Å². The van der Waals surface area contributed by atoms with Gasteiger partial charge in [-0.1, -0.05) is 30.3 Å². The van der Waals surface area contributed by atoms with Gasteiger partial charge in [0.15, 0.2) is 0 Å². The van der Waals surface area contributed by atoms with Crippen molar-refractivity contribution < 1.29 is 9.53 Å². The van der Waals surface area contributed by atoms with Gasteiger partial charge in [-0.15, -0.1) is 0 Å². The first kappa shape index (κ1) is 9.85. The van der Waals surface area contributed by atoms with Crippen molar-refractivity contribution in [1.29, 1.82) is 0 Å². The Hall–Kier alpha value is -1.35. The smallest absolute Gasteiger partial charge is 0.225 e. The van der Waals surface area contributed by atoms with Crippen molar-refractivity contribution >= 4 is 5.91 Å². The van der Waals surface area contributed by atoms with Gasteiger partial charge in [-0.05, 0) is 18.4 Å². The number of hydrogen-bond acceptors (Lipinski definition) is 2. The SMILES string of the molecule is O=C1CCCC2OC[C@@H](c3ccccc3)N12. The van der Waals surface area contributed by atoms with E-state index in [9.17, 15) is 4.79 Å². The van der Waals surface area contributed by atoms with Crippen molar-refractivity contribution in [3.63, 3.8) is 0 Å². The summed E-state index contributed by atoms with van der Waals surface area (Å²) in [4.78, 5) is 13.8. The fourth-order valence-electron chi connectivity index (χ4n) is 2.61. The summed E-state index contributed by atoms with van der Waals surface area (Å²) in [5.74, 6) is 0.239. The Labute approximate surface area is 95.0 Å². The van der Waals surface area contributed by atoms with Gasteiger partial charge in [0.05, 0.1) is 12.6 Å². The van der Waals surface area contributed by atoms with Crippen LogP contribution in [0.4, 0.5) is 0 Å². The first-order valence-corrected chi connectivity index (χ1v) is 5.84. The Bertz CT molecular complexity index is 390. The zero-order chi connectivity index (χ0) is 11.0. The lowest BCUT2D eigenvalue weighted by atomic mass is 10.0. The maximum Gasteiger partial charge on any atom is 0.225 e. The second-order valence-corrected chi connectivity index (χ2v) is 4.41. The highest BCUT2D eigenvalue weighted by Gasteiger charge is 2.40. The fraction of sp³-hybridized carbons (Fsp3) is 0.462. The highest BCUT2D eigenvalue weighted by molar-refractivity contribution is 5.78. The minimum Gasteiger partial charge on any atom is -0.356 e. The Morgan fingerprint density at radius 3 is 2.88 bits per heavy atom. The van der Waals surface area contributed by atoms with Gasteiger partial charge >= 0.3 is 0 Å². The summed E-state index contributed by atoms with van der Waals surface area (Å²) in [6.45, 7) is 0.639. The zero-order valence-electron chi connectivity index (χ0n) is 9.13. The van der Waals surface area contributed by atoms with Gasteiger partial charge in [-0.2, -0.15) is 0 Å². The van der Waals surface area contributed by atoms with Crippen LogP contribution in [0.1, 0.15) is 30.9 Å². The lowest BCUT2D eigenvalue weighted by molar-refractivity contribution is -0.142. The molecule has 1 unspecified atom stereocenters. The quantitative estimate of drug-likeness (QED) is 0.721. The third-order valence-electron chi connectivity index (χ3n) is 3.41. The van der Waals surface area contributed by atoms with Crippen LogP contribution in [0.15, 0.2) is 30.3 Å². The minimum atomic E-state index is 0.0199. The largest absolute Gasteiger partial charge is 0.356 e. The molecular weight excluding hydrogens is 202 g/mol. The van der Waals surface area contributed by atoms with E-state index in [1.54, 1.807) is 0 Å². The molecule has 0 bridgehead atoms. The van der Waals surface area contributed by atoms with Gasteiger partial charge in [0.25, 0.3) is 0 Å².